The van der Waals surface area contributed by atoms with Crippen LogP contribution in [0.4, 0.5) is 0 Å². The first-order chi connectivity index (χ1) is 4.99. The van der Waals surface area contributed by atoms with E-state index in [0.29, 0.717) is 0 Å². The minimum absolute atomic E-state index is 0.182. The molecule has 0 bridgehead atoms. The van der Waals surface area contributed by atoms with E-state index in [0.717, 1.165) is 12.1 Å². The van der Waals surface area contributed by atoms with Crippen molar-refractivity contribution in [1.29, 1.82) is 0 Å². The molecule has 2 nitrogen and oxygen atoms in total. The van der Waals surface area contributed by atoms with E-state index in [1.54, 1.807) is 0 Å². The normalized spacial score (nSPS) is 12.0. The van der Waals surface area contributed by atoms with Gasteiger partial charge in [-0.1, -0.05) is 4.49 Å². The highest BCUT2D eigenvalue weighted by molar-refractivity contribution is 7.05. The van der Waals surface area contributed by atoms with Crippen LogP contribution >= 0.6 is 23.1 Å². The second-order valence-corrected chi connectivity index (χ2v) is 5.04. The monoisotopic (exact) mass is 190 g/mol. The van der Waals surface area contributed by atoms with Crippen molar-refractivity contribution in [3.63, 3.8) is 0 Å². The summed E-state index contributed by atoms with van der Waals surface area (Å²) in [5.41, 5.74) is 1.00. The maximum atomic E-state index is 6.05. The van der Waals surface area contributed by atoms with E-state index in [-0.39, 0.29) is 4.87 Å². The SMILES string of the molecule is Cc1nnsc1CC(C)(C)Cl. The molecule has 62 valence electrons. The van der Waals surface area contributed by atoms with E-state index in [2.05, 4.69) is 9.59 Å². The second kappa shape index (κ2) is 3.07. The lowest BCUT2D eigenvalue weighted by molar-refractivity contribution is 0.697. The highest BCUT2D eigenvalue weighted by atomic mass is 35.5. The fourth-order valence-corrected chi connectivity index (χ4v) is 1.87. The summed E-state index contributed by atoms with van der Waals surface area (Å²) in [6.07, 6.45) is 0.845. The highest BCUT2D eigenvalue weighted by Crippen LogP contribution is 2.22. The van der Waals surface area contributed by atoms with E-state index in [9.17, 15) is 0 Å². The zero-order valence-electron chi connectivity index (χ0n) is 6.89. The largest absolute Gasteiger partial charge is 0.143 e. The fourth-order valence-electron chi connectivity index (χ4n) is 0.795. The number of hydrogen-bond acceptors (Lipinski definition) is 3. The highest BCUT2D eigenvalue weighted by Gasteiger charge is 2.17. The van der Waals surface area contributed by atoms with Gasteiger partial charge in [0.15, 0.2) is 0 Å². The zero-order chi connectivity index (χ0) is 8.48. The molecule has 0 aliphatic carbocycles. The number of aryl methyl sites for hydroxylation is 1. The van der Waals surface area contributed by atoms with E-state index in [4.69, 9.17) is 11.6 Å². The Morgan fingerprint density at radius 2 is 2.18 bits per heavy atom. The minimum atomic E-state index is -0.182. The summed E-state index contributed by atoms with van der Waals surface area (Å²) < 4.78 is 3.84. The molecule has 0 aromatic carbocycles. The molecule has 0 aliphatic heterocycles. The molecule has 1 rings (SSSR count). The van der Waals surface area contributed by atoms with Crippen LogP contribution in [0.2, 0.25) is 0 Å². The van der Waals surface area contributed by atoms with E-state index in [1.165, 1.54) is 16.4 Å². The molecule has 1 aromatic rings. The molecule has 0 saturated carbocycles. The van der Waals surface area contributed by atoms with E-state index >= 15 is 0 Å². The lowest BCUT2D eigenvalue weighted by atomic mass is 10.1. The van der Waals surface area contributed by atoms with Gasteiger partial charge in [0.05, 0.1) is 10.6 Å². The van der Waals surface area contributed by atoms with Crippen LogP contribution in [0, 0.1) is 6.92 Å². The average molecular weight is 191 g/mol. The summed E-state index contributed by atoms with van der Waals surface area (Å²) in [7, 11) is 0. The average Bonchev–Trinajstić information content (AvgIpc) is 2.12. The van der Waals surface area contributed by atoms with Gasteiger partial charge in [0.25, 0.3) is 0 Å². The number of nitrogens with zero attached hydrogens (tertiary/aromatic N) is 2. The topological polar surface area (TPSA) is 25.8 Å². The predicted molar refractivity (Wildman–Crippen MR) is 48.3 cm³/mol. The minimum Gasteiger partial charge on any atom is -0.143 e. The standard InChI is InChI=1S/C7H11ClN2S/c1-5-6(11-10-9-5)4-7(2,3)8/h4H2,1-3H3. The van der Waals surface area contributed by atoms with Gasteiger partial charge in [-0.2, -0.15) is 0 Å². The second-order valence-electron chi connectivity index (χ2n) is 3.18. The number of alkyl halides is 1. The third kappa shape index (κ3) is 2.75. The summed E-state index contributed by atoms with van der Waals surface area (Å²) in [5, 5.41) is 3.91. The molecule has 1 aromatic heterocycles. The van der Waals surface area contributed by atoms with Gasteiger partial charge in [-0.25, -0.2) is 0 Å². The molecule has 0 N–H and O–H groups in total. The van der Waals surface area contributed by atoms with Gasteiger partial charge in [0.1, 0.15) is 0 Å². The van der Waals surface area contributed by atoms with Gasteiger partial charge in [-0.3, -0.25) is 0 Å². The molecule has 0 unspecified atom stereocenters. The van der Waals surface area contributed by atoms with Crippen molar-refractivity contribution in [1.82, 2.24) is 9.59 Å². The quantitative estimate of drug-likeness (QED) is 0.670. The number of rotatable bonds is 2. The van der Waals surface area contributed by atoms with Crippen molar-refractivity contribution in [3.05, 3.63) is 10.6 Å². The molecule has 0 amide bonds. The Bertz CT molecular complexity index is 239. The lowest BCUT2D eigenvalue weighted by Crippen LogP contribution is -2.13. The van der Waals surface area contributed by atoms with Gasteiger partial charge in [0, 0.05) is 11.3 Å². The summed E-state index contributed by atoms with van der Waals surface area (Å²) in [6, 6.07) is 0. The Balaban J connectivity index is 2.72. The molecule has 0 spiro atoms. The van der Waals surface area contributed by atoms with Crippen molar-refractivity contribution in [2.24, 2.45) is 0 Å². The summed E-state index contributed by atoms with van der Waals surface area (Å²) in [5.74, 6) is 0. The smallest absolute Gasteiger partial charge is 0.0757 e. The summed E-state index contributed by atoms with van der Waals surface area (Å²) in [4.78, 5) is 1.00. The molecule has 0 radical (unpaired) electrons. The fraction of sp³-hybridized carbons (Fsp3) is 0.714. The van der Waals surface area contributed by atoms with Gasteiger partial charge in [-0.05, 0) is 32.3 Å². The molecular weight excluding hydrogens is 180 g/mol. The van der Waals surface area contributed by atoms with Crippen LogP contribution in [0.5, 0.6) is 0 Å². The number of aromatic nitrogens is 2. The van der Waals surface area contributed by atoms with Crippen molar-refractivity contribution in [3.8, 4) is 0 Å². The Morgan fingerprint density at radius 3 is 2.55 bits per heavy atom. The van der Waals surface area contributed by atoms with Gasteiger partial charge in [-0.15, -0.1) is 16.7 Å². The van der Waals surface area contributed by atoms with Gasteiger partial charge in [0.2, 0.25) is 0 Å². The van der Waals surface area contributed by atoms with Crippen LogP contribution in [0.25, 0.3) is 0 Å². The molecule has 0 atom stereocenters. The number of halogens is 1. The van der Waals surface area contributed by atoms with Crippen LogP contribution < -0.4 is 0 Å². The van der Waals surface area contributed by atoms with E-state index in [1.807, 2.05) is 20.8 Å². The van der Waals surface area contributed by atoms with Crippen molar-refractivity contribution in [2.45, 2.75) is 32.1 Å². The first kappa shape index (κ1) is 8.94. The van der Waals surface area contributed by atoms with Crippen molar-refractivity contribution < 1.29 is 0 Å². The third-order valence-corrected chi connectivity index (χ3v) is 2.28. The van der Waals surface area contributed by atoms with Crippen LogP contribution in [0.3, 0.4) is 0 Å². The van der Waals surface area contributed by atoms with Gasteiger partial charge < -0.3 is 0 Å². The Morgan fingerprint density at radius 1 is 1.55 bits per heavy atom. The lowest BCUT2D eigenvalue weighted by Gasteiger charge is -2.13. The van der Waals surface area contributed by atoms with E-state index < -0.39 is 0 Å². The molecule has 0 fully saturated rings. The van der Waals surface area contributed by atoms with Crippen LogP contribution in [-0.4, -0.2) is 14.5 Å². The third-order valence-electron chi connectivity index (χ3n) is 1.33. The molecule has 1 heterocycles. The Kier molecular flexibility index (Phi) is 2.50. The zero-order valence-corrected chi connectivity index (χ0v) is 8.46. The molecule has 4 heteroatoms. The molecular formula is C7H11ClN2S. The first-order valence-electron chi connectivity index (χ1n) is 3.46. The summed E-state index contributed by atoms with van der Waals surface area (Å²) in [6.45, 7) is 5.95. The van der Waals surface area contributed by atoms with Crippen LogP contribution in [0.1, 0.15) is 24.4 Å². The van der Waals surface area contributed by atoms with Gasteiger partial charge >= 0.3 is 0 Å². The Labute approximate surface area is 75.7 Å². The summed E-state index contributed by atoms with van der Waals surface area (Å²) >= 11 is 7.48. The van der Waals surface area contributed by atoms with Crippen LogP contribution in [-0.2, 0) is 6.42 Å². The number of hydrogen-bond donors (Lipinski definition) is 0. The molecule has 11 heavy (non-hydrogen) atoms. The molecule has 0 saturated heterocycles. The Hall–Kier alpha value is -0.150. The maximum absolute atomic E-state index is 6.05. The van der Waals surface area contributed by atoms with Crippen molar-refractivity contribution >= 4 is 23.1 Å². The maximum Gasteiger partial charge on any atom is 0.0757 e. The van der Waals surface area contributed by atoms with Crippen molar-refractivity contribution in [2.75, 3.05) is 0 Å². The molecule has 0 aliphatic rings. The van der Waals surface area contributed by atoms with Crippen LogP contribution in [0.15, 0.2) is 0 Å². The first-order valence-corrected chi connectivity index (χ1v) is 4.61. The predicted octanol–water partition coefficient (Wildman–Crippen LogP) is 2.41.